The van der Waals surface area contributed by atoms with Crippen LogP contribution in [0, 0.1) is 0 Å². The van der Waals surface area contributed by atoms with Gasteiger partial charge >= 0.3 is 5.97 Å². The molecular formula is C23H21N3O3S. The highest BCUT2D eigenvalue weighted by atomic mass is 32.1. The number of benzene rings is 2. The van der Waals surface area contributed by atoms with Crippen molar-refractivity contribution in [2.45, 2.75) is 13.0 Å². The van der Waals surface area contributed by atoms with Crippen LogP contribution >= 0.6 is 11.3 Å². The number of anilines is 1. The van der Waals surface area contributed by atoms with Gasteiger partial charge in [-0.3, -0.25) is 0 Å². The van der Waals surface area contributed by atoms with E-state index in [1.165, 1.54) is 24.0 Å². The standard InChI is InChI=1S/C23H21N3O3S/c1-14(15-7-5-4-6-8-15)26-21-18-12-20(30-22(18)25-13-24-21)17-11-16(23(27)29-3)9-10-19(17)28-2/h4-14H,1-3H3,(H,24,25,26)/t14-/m1/s1. The summed E-state index contributed by atoms with van der Waals surface area (Å²) in [4.78, 5) is 22.7. The molecule has 0 aliphatic carbocycles. The van der Waals surface area contributed by atoms with Gasteiger partial charge in [0.2, 0.25) is 0 Å². The number of nitrogens with one attached hydrogen (secondary N) is 1. The quantitative estimate of drug-likeness (QED) is 0.426. The van der Waals surface area contributed by atoms with Gasteiger partial charge in [0.15, 0.2) is 0 Å². The van der Waals surface area contributed by atoms with E-state index in [-0.39, 0.29) is 12.0 Å². The van der Waals surface area contributed by atoms with Gasteiger partial charge < -0.3 is 14.8 Å². The number of thiophene rings is 1. The van der Waals surface area contributed by atoms with E-state index in [0.717, 1.165) is 26.5 Å². The fourth-order valence-electron chi connectivity index (χ4n) is 3.28. The molecule has 0 saturated carbocycles. The molecule has 30 heavy (non-hydrogen) atoms. The lowest BCUT2D eigenvalue weighted by atomic mass is 10.1. The third kappa shape index (κ3) is 3.84. The maximum Gasteiger partial charge on any atom is 0.337 e. The second-order valence-corrected chi connectivity index (χ2v) is 7.77. The summed E-state index contributed by atoms with van der Waals surface area (Å²) in [7, 11) is 2.98. The number of ether oxygens (including phenoxy) is 2. The van der Waals surface area contributed by atoms with Gasteiger partial charge in [-0.25, -0.2) is 14.8 Å². The number of hydrogen-bond donors (Lipinski definition) is 1. The minimum atomic E-state index is -0.390. The van der Waals surface area contributed by atoms with Crippen molar-refractivity contribution in [3.8, 4) is 16.2 Å². The molecule has 7 heteroatoms. The summed E-state index contributed by atoms with van der Waals surface area (Å²) in [6, 6.07) is 17.6. The predicted molar refractivity (Wildman–Crippen MR) is 119 cm³/mol. The molecule has 152 valence electrons. The zero-order chi connectivity index (χ0) is 21.1. The van der Waals surface area contributed by atoms with E-state index in [4.69, 9.17) is 9.47 Å². The molecule has 4 aromatic rings. The molecule has 6 nitrogen and oxygen atoms in total. The number of carbonyl (C=O) groups is 1. The third-order valence-electron chi connectivity index (χ3n) is 4.87. The number of esters is 1. The first-order valence-corrected chi connectivity index (χ1v) is 10.2. The molecule has 1 N–H and O–H groups in total. The molecule has 0 unspecified atom stereocenters. The van der Waals surface area contributed by atoms with E-state index < -0.39 is 0 Å². The Morgan fingerprint density at radius 1 is 1.07 bits per heavy atom. The maximum atomic E-state index is 12.0. The molecule has 2 heterocycles. The number of aromatic nitrogens is 2. The Balaban J connectivity index is 1.74. The lowest BCUT2D eigenvalue weighted by Crippen LogP contribution is -2.08. The summed E-state index contributed by atoms with van der Waals surface area (Å²) in [5, 5.41) is 4.41. The van der Waals surface area contributed by atoms with Gasteiger partial charge in [0.05, 0.1) is 25.2 Å². The van der Waals surface area contributed by atoms with Gasteiger partial charge in [-0.1, -0.05) is 30.3 Å². The summed E-state index contributed by atoms with van der Waals surface area (Å²) in [5.74, 6) is 1.05. The van der Waals surface area contributed by atoms with E-state index in [0.29, 0.717) is 11.3 Å². The van der Waals surface area contributed by atoms with Gasteiger partial charge in [-0.2, -0.15) is 0 Å². The van der Waals surface area contributed by atoms with Crippen molar-refractivity contribution < 1.29 is 14.3 Å². The van der Waals surface area contributed by atoms with Gasteiger partial charge in [0, 0.05) is 16.5 Å². The number of methoxy groups -OCH3 is 2. The van der Waals surface area contributed by atoms with Gasteiger partial charge in [0.25, 0.3) is 0 Å². The Hall–Kier alpha value is -3.45. The first-order valence-electron chi connectivity index (χ1n) is 9.43. The Kier molecular flexibility index (Phi) is 5.63. The molecule has 2 aromatic carbocycles. The second-order valence-electron chi connectivity index (χ2n) is 6.74. The second kappa shape index (κ2) is 8.51. The highest BCUT2D eigenvalue weighted by Gasteiger charge is 2.17. The Morgan fingerprint density at radius 2 is 1.87 bits per heavy atom. The average molecular weight is 420 g/mol. The molecule has 0 fully saturated rings. The van der Waals surface area contributed by atoms with E-state index >= 15 is 0 Å². The zero-order valence-corrected chi connectivity index (χ0v) is 17.7. The van der Waals surface area contributed by atoms with Crippen LogP contribution in [0.4, 0.5) is 5.82 Å². The smallest absolute Gasteiger partial charge is 0.337 e. The number of rotatable bonds is 6. The van der Waals surface area contributed by atoms with Crippen molar-refractivity contribution in [3.63, 3.8) is 0 Å². The highest BCUT2D eigenvalue weighted by molar-refractivity contribution is 7.22. The third-order valence-corrected chi connectivity index (χ3v) is 5.94. The van der Waals surface area contributed by atoms with Crippen molar-refractivity contribution in [1.29, 1.82) is 0 Å². The van der Waals surface area contributed by atoms with Gasteiger partial charge in [0.1, 0.15) is 22.7 Å². The molecule has 2 aromatic heterocycles. The molecule has 0 spiro atoms. The van der Waals surface area contributed by atoms with Crippen molar-refractivity contribution in [2.24, 2.45) is 0 Å². The van der Waals surface area contributed by atoms with Crippen LogP contribution in [0.15, 0.2) is 60.9 Å². The molecule has 0 aliphatic rings. The topological polar surface area (TPSA) is 73.3 Å². The van der Waals surface area contributed by atoms with Crippen LogP contribution in [-0.2, 0) is 4.74 Å². The van der Waals surface area contributed by atoms with E-state index in [2.05, 4.69) is 34.3 Å². The van der Waals surface area contributed by atoms with Crippen LogP contribution in [0.1, 0.15) is 28.9 Å². The largest absolute Gasteiger partial charge is 0.496 e. The minimum Gasteiger partial charge on any atom is -0.496 e. The fourth-order valence-corrected chi connectivity index (χ4v) is 4.30. The first-order chi connectivity index (χ1) is 14.6. The van der Waals surface area contributed by atoms with Crippen molar-refractivity contribution >= 4 is 33.3 Å². The monoisotopic (exact) mass is 419 g/mol. The first kappa shape index (κ1) is 19.8. The maximum absolute atomic E-state index is 12.0. The minimum absolute atomic E-state index is 0.0878. The molecule has 0 amide bonds. The number of fused-ring (bicyclic) bond motifs is 1. The van der Waals surface area contributed by atoms with Crippen molar-refractivity contribution in [1.82, 2.24) is 9.97 Å². The summed E-state index contributed by atoms with van der Waals surface area (Å²) < 4.78 is 10.4. The summed E-state index contributed by atoms with van der Waals surface area (Å²) in [6.07, 6.45) is 1.56. The van der Waals surface area contributed by atoms with E-state index in [1.807, 2.05) is 24.3 Å². The zero-order valence-electron chi connectivity index (χ0n) is 16.9. The van der Waals surface area contributed by atoms with Gasteiger partial charge in [-0.15, -0.1) is 11.3 Å². The van der Waals surface area contributed by atoms with Crippen LogP contribution in [-0.4, -0.2) is 30.2 Å². The van der Waals surface area contributed by atoms with Gasteiger partial charge in [-0.05, 0) is 36.8 Å². The van der Waals surface area contributed by atoms with E-state index in [1.54, 1.807) is 31.6 Å². The van der Waals surface area contributed by atoms with Crippen molar-refractivity contribution in [3.05, 3.63) is 72.1 Å². The molecule has 0 radical (unpaired) electrons. The molecular weight excluding hydrogens is 398 g/mol. The molecule has 0 bridgehead atoms. The van der Waals surface area contributed by atoms with Crippen LogP contribution in [0.5, 0.6) is 5.75 Å². The fraction of sp³-hybridized carbons (Fsp3) is 0.174. The lowest BCUT2D eigenvalue weighted by molar-refractivity contribution is 0.0600. The Morgan fingerprint density at radius 3 is 2.60 bits per heavy atom. The lowest BCUT2D eigenvalue weighted by Gasteiger charge is -2.15. The van der Waals surface area contributed by atoms with Crippen molar-refractivity contribution in [2.75, 3.05) is 19.5 Å². The molecule has 4 rings (SSSR count). The number of nitrogens with zero attached hydrogens (tertiary/aromatic N) is 2. The normalized spacial score (nSPS) is 11.8. The van der Waals surface area contributed by atoms with Crippen LogP contribution in [0.3, 0.4) is 0 Å². The van der Waals surface area contributed by atoms with Crippen LogP contribution in [0.2, 0.25) is 0 Å². The summed E-state index contributed by atoms with van der Waals surface area (Å²) >= 11 is 1.52. The molecule has 0 aliphatic heterocycles. The SMILES string of the molecule is COC(=O)c1ccc(OC)c(-c2cc3c(N[C@H](C)c4ccccc4)ncnc3s2)c1. The average Bonchev–Trinajstić information content (AvgIpc) is 3.24. The Labute approximate surface area is 178 Å². The highest BCUT2D eigenvalue weighted by Crippen LogP contribution is 2.40. The molecule has 1 atom stereocenters. The Bertz CT molecular complexity index is 1190. The van der Waals surface area contributed by atoms with E-state index in [9.17, 15) is 4.79 Å². The number of carbonyl (C=O) groups excluding carboxylic acids is 1. The molecule has 0 saturated heterocycles. The predicted octanol–water partition coefficient (Wildman–Crippen LogP) is 5.33. The summed E-state index contributed by atoms with van der Waals surface area (Å²) in [6.45, 7) is 2.10. The summed E-state index contributed by atoms with van der Waals surface area (Å²) in [5.41, 5.74) is 2.45. The van der Waals surface area contributed by atoms with Crippen LogP contribution in [0.25, 0.3) is 20.7 Å². The van der Waals surface area contributed by atoms with Crippen LogP contribution < -0.4 is 10.1 Å². The number of hydrogen-bond acceptors (Lipinski definition) is 7.